The van der Waals surface area contributed by atoms with Gasteiger partial charge in [-0.2, -0.15) is 0 Å². The third-order valence-electron chi connectivity index (χ3n) is 3.54. The fraction of sp³-hybridized carbons (Fsp3) is 0.400. The summed E-state index contributed by atoms with van der Waals surface area (Å²) in [5.41, 5.74) is 1.65. The number of likely N-dealkylation sites (N-methyl/N-ethyl adjacent to an activating group) is 1. The molecule has 6 nitrogen and oxygen atoms in total. The summed E-state index contributed by atoms with van der Waals surface area (Å²) in [5, 5.41) is 5.88. The molecule has 2 unspecified atom stereocenters. The summed E-state index contributed by atoms with van der Waals surface area (Å²) < 4.78 is 0. The first kappa shape index (κ1) is 15.2. The van der Waals surface area contributed by atoms with Gasteiger partial charge >= 0.3 is 0 Å². The first-order valence-electron chi connectivity index (χ1n) is 6.82. The van der Waals surface area contributed by atoms with Gasteiger partial charge < -0.3 is 5.32 Å². The van der Waals surface area contributed by atoms with E-state index < -0.39 is 6.04 Å². The van der Waals surface area contributed by atoms with E-state index in [1.165, 1.54) is 14.0 Å². The Kier molecular flexibility index (Phi) is 4.37. The second-order valence-electron chi connectivity index (χ2n) is 5.24. The number of likely N-dealkylation sites (tertiary alicyclic amines) is 1. The molecule has 1 aliphatic heterocycles. The molecule has 1 saturated heterocycles. The van der Waals surface area contributed by atoms with Gasteiger partial charge in [-0.25, -0.2) is 0 Å². The summed E-state index contributed by atoms with van der Waals surface area (Å²) in [5.74, 6) is -0.507. The number of nitrogens with one attached hydrogen (secondary N) is 2. The fourth-order valence-electron chi connectivity index (χ4n) is 2.37. The molecule has 2 N–H and O–H groups in total. The summed E-state index contributed by atoms with van der Waals surface area (Å²) >= 11 is 0. The summed E-state index contributed by atoms with van der Waals surface area (Å²) in [4.78, 5) is 35.6. The summed E-state index contributed by atoms with van der Waals surface area (Å²) in [6.07, 6.45) is 0.186. The molecule has 1 aromatic carbocycles. The van der Waals surface area contributed by atoms with Crippen LogP contribution in [0.5, 0.6) is 0 Å². The van der Waals surface area contributed by atoms with Gasteiger partial charge in [0.05, 0.1) is 12.5 Å². The van der Waals surface area contributed by atoms with Crippen molar-refractivity contribution >= 4 is 23.4 Å². The molecule has 0 saturated carbocycles. The number of anilines is 1. The molecule has 6 heteroatoms. The monoisotopic (exact) mass is 289 g/mol. The molecule has 1 aromatic rings. The number of nitrogens with zero attached hydrogens (tertiary/aromatic N) is 1. The highest BCUT2D eigenvalue weighted by molar-refractivity contribution is 6.05. The normalized spacial score (nSPS) is 19.8. The van der Waals surface area contributed by atoms with Crippen LogP contribution in [0.4, 0.5) is 5.69 Å². The van der Waals surface area contributed by atoms with Gasteiger partial charge in [-0.05, 0) is 24.6 Å². The molecule has 0 spiro atoms. The van der Waals surface area contributed by atoms with Crippen molar-refractivity contribution in [2.24, 2.45) is 0 Å². The van der Waals surface area contributed by atoms with Crippen LogP contribution in [-0.4, -0.2) is 35.7 Å². The van der Waals surface area contributed by atoms with E-state index in [-0.39, 0.29) is 30.2 Å². The van der Waals surface area contributed by atoms with Crippen LogP contribution in [-0.2, 0) is 14.4 Å². The second kappa shape index (κ2) is 6.05. The summed E-state index contributed by atoms with van der Waals surface area (Å²) in [6, 6.07) is 6.81. The Bertz CT molecular complexity index is 585. The van der Waals surface area contributed by atoms with Crippen LogP contribution in [0.25, 0.3) is 0 Å². The Morgan fingerprint density at radius 2 is 2.10 bits per heavy atom. The van der Waals surface area contributed by atoms with E-state index in [0.29, 0.717) is 5.69 Å². The van der Waals surface area contributed by atoms with Crippen molar-refractivity contribution in [3.63, 3.8) is 0 Å². The molecule has 0 radical (unpaired) electrons. The Morgan fingerprint density at radius 1 is 1.38 bits per heavy atom. The van der Waals surface area contributed by atoms with Crippen molar-refractivity contribution in [3.8, 4) is 0 Å². The number of benzene rings is 1. The number of hydrogen-bond donors (Lipinski definition) is 2. The molecule has 1 heterocycles. The van der Waals surface area contributed by atoms with Gasteiger partial charge in [0.2, 0.25) is 17.7 Å². The van der Waals surface area contributed by atoms with Gasteiger partial charge in [0, 0.05) is 25.7 Å². The van der Waals surface area contributed by atoms with Crippen molar-refractivity contribution in [1.82, 2.24) is 10.2 Å². The van der Waals surface area contributed by atoms with Crippen molar-refractivity contribution in [2.75, 3.05) is 12.4 Å². The standard InChI is InChI=1S/C15H19N3O3/c1-9(16-13-8-14(20)18(3)15(13)21)11-5-4-6-12(7-11)17-10(2)19/h4-7,9,13,16H,8H2,1-3H3,(H,17,19). The van der Waals surface area contributed by atoms with Crippen molar-refractivity contribution in [3.05, 3.63) is 29.8 Å². The van der Waals surface area contributed by atoms with Gasteiger partial charge in [0.25, 0.3) is 0 Å². The Labute approximate surface area is 123 Å². The molecular weight excluding hydrogens is 270 g/mol. The zero-order valence-corrected chi connectivity index (χ0v) is 12.3. The number of imide groups is 1. The van der Waals surface area contributed by atoms with Crippen LogP contribution in [0, 0.1) is 0 Å². The topological polar surface area (TPSA) is 78.5 Å². The zero-order valence-electron chi connectivity index (χ0n) is 12.3. The second-order valence-corrected chi connectivity index (χ2v) is 5.24. The molecular formula is C15H19N3O3. The van der Waals surface area contributed by atoms with Crippen LogP contribution in [0.3, 0.4) is 0 Å². The quantitative estimate of drug-likeness (QED) is 0.812. The maximum atomic E-state index is 11.9. The molecule has 2 rings (SSSR count). The zero-order chi connectivity index (χ0) is 15.6. The first-order chi connectivity index (χ1) is 9.88. The number of rotatable bonds is 4. The van der Waals surface area contributed by atoms with Crippen LogP contribution in [0.2, 0.25) is 0 Å². The predicted octanol–water partition coefficient (Wildman–Crippen LogP) is 1.05. The largest absolute Gasteiger partial charge is 0.326 e. The van der Waals surface area contributed by atoms with E-state index >= 15 is 0 Å². The average molecular weight is 289 g/mol. The van der Waals surface area contributed by atoms with Gasteiger partial charge in [-0.3, -0.25) is 24.6 Å². The third kappa shape index (κ3) is 3.46. The molecule has 0 aliphatic carbocycles. The number of carbonyl (C=O) groups excluding carboxylic acids is 3. The van der Waals surface area contributed by atoms with Gasteiger partial charge in [-0.15, -0.1) is 0 Å². The van der Waals surface area contributed by atoms with E-state index in [2.05, 4.69) is 10.6 Å². The average Bonchev–Trinajstić information content (AvgIpc) is 2.66. The molecule has 1 aliphatic rings. The highest BCUT2D eigenvalue weighted by Crippen LogP contribution is 2.20. The highest BCUT2D eigenvalue weighted by atomic mass is 16.2. The van der Waals surface area contributed by atoms with Crippen LogP contribution >= 0.6 is 0 Å². The van der Waals surface area contributed by atoms with Gasteiger partial charge in [0.15, 0.2) is 0 Å². The number of carbonyl (C=O) groups is 3. The number of amides is 3. The lowest BCUT2D eigenvalue weighted by molar-refractivity contribution is -0.137. The Morgan fingerprint density at radius 3 is 2.67 bits per heavy atom. The molecule has 0 bridgehead atoms. The van der Waals surface area contributed by atoms with Crippen LogP contribution in [0.15, 0.2) is 24.3 Å². The summed E-state index contributed by atoms with van der Waals surface area (Å²) in [6.45, 7) is 3.37. The van der Waals surface area contributed by atoms with E-state index in [1.54, 1.807) is 6.07 Å². The van der Waals surface area contributed by atoms with Crippen molar-refractivity contribution in [1.29, 1.82) is 0 Å². The minimum Gasteiger partial charge on any atom is -0.326 e. The fourth-order valence-corrected chi connectivity index (χ4v) is 2.37. The Balaban J connectivity index is 2.07. The molecule has 21 heavy (non-hydrogen) atoms. The predicted molar refractivity (Wildman–Crippen MR) is 78.5 cm³/mol. The first-order valence-corrected chi connectivity index (χ1v) is 6.82. The minimum absolute atomic E-state index is 0.105. The molecule has 3 amide bonds. The minimum atomic E-state index is -0.484. The van der Waals surface area contributed by atoms with Crippen LogP contribution in [0.1, 0.15) is 31.9 Å². The lowest BCUT2D eigenvalue weighted by Gasteiger charge is -2.19. The highest BCUT2D eigenvalue weighted by Gasteiger charge is 2.36. The lowest BCUT2D eigenvalue weighted by atomic mass is 10.1. The molecule has 2 atom stereocenters. The molecule has 0 aromatic heterocycles. The maximum Gasteiger partial charge on any atom is 0.246 e. The van der Waals surface area contributed by atoms with E-state index in [4.69, 9.17) is 0 Å². The Hall–Kier alpha value is -2.21. The van der Waals surface area contributed by atoms with E-state index in [1.807, 2.05) is 25.1 Å². The number of hydrogen-bond acceptors (Lipinski definition) is 4. The lowest BCUT2D eigenvalue weighted by Crippen LogP contribution is -2.38. The van der Waals surface area contributed by atoms with Crippen molar-refractivity contribution in [2.45, 2.75) is 32.4 Å². The van der Waals surface area contributed by atoms with Crippen molar-refractivity contribution < 1.29 is 14.4 Å². The van der Waals surface area contributed by atoms with Gasteiger partial charge in [-0.1, -0.05) is 12.1 Å². The summed E-state index contributed by atoms with van der Waals surface area (Å²) in [7, 11) is 1.49. The SMILES string of the molecule is CC(=O)Nc1cccc(C(C)NC2CC(=O)N(C)C2=O)c1. The molecule has 1 fully saturated rings. The van der Waals surface area contributed by atoms with Gasteiger partial charge in [0.1, 0.15) is 0 Å². The van der Waals surface area contributed by atoms with E-state index in [9.17, 15) is 14.4 Å². The third-order valence-corrected chi connectivity index (χ3v) is 3.54. The smallest absolute Gasteiger partial charge is 0.246 e. The van der Waals surface area contributed by atoms with E-state index in [0.717, 1.165) is 10.5 Å². The maximum absolute atomic E-state index is 11.9. The van der Waals surface area contributed by atoms with Crippen LogP contribution < -0.4 is 10.6 Å². The molecule has 112 valence electrons.